The quantitative estimate of drug-likeness (QED) is 0.0750. The van der Waals surface area contributed by atoms with Gasteiger partial charge in [0.05, 0.1) is 0 Å². The normalized spacial score (nSPS) is 10.4. The van der Waals surface area contributed by atoms with E-state index in [-0.39, 0.29) is 31.5 Å². The molecule has 0 aliphatic heterocycles. The van der Waals surface area contributed by atoms with Crippen LogP contribution < -0.4 is 0 Å². The van der Waals surface area contributed by atoms with Crippen LogP contribution in [0.3, 0.4) is 0 Å². The molecule has 0 aliphatic rings. The van der Waals surface area contributed by atoms with Crippen LogP contribution in [0.25, 0.3) is 0 Å². The second-order valence-electron chi connectivity index (χ2n) is 10.2. The lowest BCUT2D eigenvalue weighted by atomic mass is 10.3. The molecule has 0 saturated carbocycles. The molecule has 12 nitrogen and oxygen atoms in total. The van der Waals surface area contributed by atoms with E-state index in [4.69, 9.17) is 47.4 Å². The molecule has 0 N–H and O–H groups in total. The summed E-state index contributed by atoms with van der Waals surface area (Å²) in [6.45, 7) is 27.5. The van der Waals surface area contributed by atoms with Gasteiger partial charge in [0.1, 0.15) is 6.79 Å². The zero-order chi connectivity index (χ0) is 39.7. The highest BCUT2D eigenvalue weighted by Gasteiger charge is 2.05. The van der Waals surface area contributed by atoms with Crippen molar-refractivity contribution in [1.29, 1.82) is 0 Å². The predicted octanol–water partition coefficient (Wildman–Crippen LogP) is 9.21. The summed E-state index contributed by atoms with van der Waals surface area (Å²) in [6.07, 6.45) is 9.16. The van der Waals surface area contributed by atoms with Crippen molar-refractivity contribution in [3.63, 3.8) is 0 Å². The Kier molecular flexibility index (Phi) is 74.6. The Balaban J connectivity index is -0.000000118. The van der Waals surface area contributed by atoms with Crippen LogP contribution in [-0.2, 0) is 56.8 Å². The maximum atomic E-state index is 5.42. The van der Waals surface area contributed by atoms with Crippen molar-refractivity contribution >= 4 is 0 Å². The van der Waals surface area contributed by atoms with Gasteiger partial charge < -0.3 is 56.8 Å². The van der Waals surface area contributed by atoms with Crippen LogP contribution in [0.1, 0.15) is 134 Å². The first-order valence-electron chi connectivity index (χ1n) is 18.9. The third-order valence-electron chi connectivity index (χ3n) is 5.76. The molecule has 0 heterocycles. The molecule has 50 heavy (non-hydrogen) atoms. The molecular weight excluding hydrogens is 648 g/mol. The first-order valence-corrected chi connectivity index (χ1v) is 18.9. The lowest BCUT2D eigenvalue weighted by Gasteiger charge is -2.15. The van der Waals surface area contributed by atoms with Gasteiger partial charge in [-0.3, -0.25) is 0 Å². The molecule has 312 valence electrons. The molecule has 0 aromatic rings. The number of ether oxygens (including phenoxy) is 12. The first kappa shape index (κ1) is 61.6. The van der Waals surface area contributed by atoms with Gasteiger partial charge in [-0.1, -0.05) is 61.3 Å². The van der Waals surface area contributed by atoms with Gasteiger partial charge >= 0.3 is 0 Å². The van der Waals surface area contributed by atoms with Crippen molar-refractivity contribution in [2.75, 3.05) is 89.1 Å². The van der Waals surface area contributed by atoms with Crippen LogP contribution in [0.15, 0.2) is 0 Å². The first-order chi connectivity index (χ1) is 24.1. The zero-order valence-corrected chi connectivity index (χ0v) is 36.1. The Morgan fingerprint density at radius 1 is 0.320 bits per heavy atom. The molecule has 0 aromatic heterocycles. The maximum absolute atomic E-state index is 5.42. The third-order valence-corrected chi connectivity index (χ3v) is 5.76. The monoisotopic (exact) mass is 737 g/mol. The summed E-state index contributed by atoms with van der Waals surface area (Å²) in [5.41, 5.74) is 0. The molecule has 0 saturated heterocycles. The largest absolute Gasteiger partial charge is 0.359 e. The van der Waals surface area contributed by atoms with E-state index in [1.54, 1.807) is 42.7 Å². The topological polar surface area (TPSA) is 111 Å². The molecule has 0 radical (unpaired) electrons. The summed E-state index contributed by atoms with van der Waals surface area (Å²) in [5.74, 6) is 0. The average Bonchev–Trinajstić information content (AvgIpc) is 3.13. The molecule has 0 aliphatic carbocycles. The van der Waals surface area contributed by atoms with E-state index in [2.05, 4.69) is 51.0 Å². The Morgan fingerprint density at radius 2 is 0.620 bits per heavy atom. The van der Waals surface area contributed by atoms with Crippen LogP contribution in [0.5, 0.6) is 0 Å². The van der Waals surface area contributed by atoms with Crippen LogP contribution in [0.2, 0.25) is 0 Å². The molecule has 0 fully saturated rings. The number of rotatable bonds is 27. The number of hydrogen-bond acceptors (Lipinski definition) is 12. The SMILES string of the molecule is CCC(OC)OC.CCCC(OC)OC.CCCC(OCC)OCC.CCCOC(CC)OCCC.CCOC(CC)OCC.COCOC. The molecular formula is C38H88O12. The van der Waals surface area contributed by atoms with Crippen molar-refractivity contribution < 1.29 is 56.8 Å². The average molecular weight is 737 g/mol. The van der Waals surface area contributed by atoms with Crippen molar-refractivity contribution in [2.45, 2.75) is 165 Å². The highest BCUT2D eigenvalue weighted by Crippen LogP contribution is 2.03. The van der Waals surface area contributed by atoms with Gasteiger partial charge in [-0.25, -0.2) is 0 Å². The van der Waals surface area contributed by atoms with Crippen molar-refractivity contribution in [3.05, 3.63) is 0 Å². The Bertz CT molecular complexity index is 463. The Labute approximate surface area is 311 Å². The molecule has 0 spiro atoms. The van der Waals surface area contributed by atoms with Crippen LogP contribution in [-0.4, -0.2) is 121 Å². The molecule has 0 rings (SSSR count). The highest BCUT2D eigenvalue weighted by molar-refractivity contribution is 4.42. The minimum Gasteiger partial charge on any atom is -0.359 e. The van der Waals surface area contributed by atoms with Crippen molar-refractivity contribution in [1.82, 2.24) is 0 Å². The maximum Gasteiger partial charge on any atom is 0.157 e. The highest BCUT2D eigenvalue weighted by atomic mass is 16.7. The fourth-order valence-electron chi connectivity index (χ4n) is 3.38. The summed E-state index contributed by atoms with van der Waals surface area (Å²) >= 11 is 0. The molecule has 0 aromatic carbocycles. The Morgan fingerprint density at radius 3 is 0.800 bits per heavy atom. The standard InChI is InChI=1S/C9H20O2.C8H18O2.C7H16O2.C6H14O2.C5H12O2.C3H8O2/c1-4-7-10-9(6-3)11-8-5-2;1-4-7-8(9-5-2)10-6-3;1-4-7(8-5-2)9-6-3;1-4-5-6(7-2)8-3;1-4-5(6-2)7-3;1-4-3-5-2/h9H,4-8H2,1-3H3;8H,4-7H2,1-3H3;7H,4-6H2,1-3H3;6H,4-5H2,1-3H3;5H,4H2,1-3H3;3H2,1-2H3. The van der Waals surface area contributed by atoms with Crippen molar-refractivity contribution in [2.24, 2.45) is 0 Å². The molecule has 12 heteroatoms. The number of methoxy groups -OCH3 is 6. The summed E-state index contributed by atoms with van der Waals surface area (Å²) in [7, 11) is 9.76. The molecule has 0 atom stereocenters. The van der Waals surface area contributed by atoms with E-state index in [1.165, 1.54) is 0 Å². The summed E-state index contributed by atoms with van der Waals surface area (Å²) in [4.78, 5) is 0. The predicted molar refractivity (Wildman–Crippen MR) is 206 cm³/mol. The smallest absolute Gasteiger partial charge is 0.157 e. The minimum absolute atomic E-state index is 0.000000000000000444. The fraction of sp³-hybridized carbons (Fsp3) is 1.00. The summed E-state index contributed by atoms with van der Waals surface area (Å²) in [5, 5.41) is 0. The van der Waals surface area contributed by atoms with Gasteiger partial charge in [-0.15, -0.1) is 0 Å². The molecule has 0 unspecified atom stereocenters. The van der Waals surface area contributed by atoms with Gasteiger partial charge in [0.15, 0.2) is 31.5 Å². The third kappa shape index (κ3) is 59.7. The van der Waals surface area contributed by atoms with Crippen LogP contribution in [0.4, 0.5) is 0 Å². The van der Waals surface area contributed by atoms with E-state index < -0.39 is 0 Å². The minimum atomic E-state index is -0.0139. The number of hydrogen-bond donors (Lipinski definition) is 0. The van der Waals surface area contributed by atoms with Crippen LogP contribution >= 0.6 is 0 Å². The molecule has 0 bridgehead atoms. The van der Waals surface area contributed by atoms with E-state index in [0.29, 0.717) is 6.79 Å². The fourth-order valence-corrected chi connectivity index (χ4v) is 3.38. The lowest BCUT2D eigenvalue weighted by Crippen LogP contribution is -2.17. The van der Waals surface area contributed by atoms with Crippen LogP contribution in [0, 0.1) is 0 Å². The second-order valence-corrected chi connectivity index (χ2v) is 10.2. The van der Waals surface area contributed by atoms with Crippen molar-refractivity contribution in [3.8, 4) is 0 Å². The lowest BCUT2D eigenvalue weighted by molar-refractivity contribution is -0.143. The van der Waals surface area contributed by atoms with Gasteiger partial charge in [0, 0.05) is 82.3 Å². The van der Waals surface area contributed by atoms with E-state index in [9.17, 15) is 0 Å². The summed E-state index contributed by atoms with van der Waals surface area (Å²) < 4.78 is 60.3. The van der Waals surface area contributed by atoms with E-state index >= 15 is 0 Å². The summed E-state index contributed by atoms with van der Waals surface area (Å²) in [6, 6.07) is 0. The van der Waals surface area contributed by atoms with Gasteiger partial charge in [-0.05, 0) is 72.6 Å². The second kappa shape index (κ2) is 60.6. The van der Waals surface area contributed by atoms with E-state index in [1.807, 2.05) is 34.6 Å². The van der Waals surface area contributed by atoms with Gasteiger partial charge in [0.2, 0.25) is 0 Å². The van der Waals surface area contributed by atoms with Gasteiger partial charge in [-0.2, -0.15) is 0 Å². The van der Waals surface area contributed by atoms with E-state index in [0.717, 1.165) is 97.4 Å². The zero-order valence-electron chi connectivity index (χ0n) is 36.1. The Hall–Kier alpha value is -0.480. The van der Waals surface area contributed by atoms with Gasteiger partial charge in [0.25, 0.3) is 0 Å². The molecule has 0 amide bonds.